The number of rotatable bonds is 7. The molecule has 0 saturated heterocycles. The summed E-state index contributed by atoms with van der Waals surface area (Å²) in [5.74, 6) is -1.82. The number of furan rings is 1. The lowest BCUT2D eigenvalue weighted by molar-refractivity contribution is 0.0828. The fraction of sp³-hybridized carbons (Fsp3) is 0.200. The van der Waals surface area contributed by atoms with Crippen LogP contribution in [0.1, 0.15) is 47.2 Å². The minimum atomic E-state index is -0.725. The summed E-state index contributed by atoms with van der Waals surface area (Å²) in [7, 11) is 0. The first-order chi connectivity index (χ1) is 16.5. The number of nitrogens with one attached hydrogen (secondary N) is 2. The van der Waals surface area contributed by atoms with E-state index in [-0.39, 0.29) is 28.3 Å². The SMILES string of the molecule is CCCCCn1nc(C(=O)NNC(=O)c2ccc(-c3ccccc3F)o2)c2ccccc2c1=O. The predicted octanol–water partition coefficient (Wildman–Crippen LogP) is 4.06. The number of aromatic nitrogens is 2. The Kier molecular flexibility index (Phi) is 6.82. The fourth-order valence-corrected chi connectivity index (χ4v) is 3.57. The quantitative estimate of drug-likeness (QED) is 0.318. The van der Waals surface area contributed by atoms with Crippen molar-refractivity contribution in [2.75, 3.05) is 0 Å². The van der Waals surface area contributed by atoms with Gasteiger partial charge in [-0.25, -0.2) is 9.07 Å². The summed E-state index contributed by atoms with van der Waals surface area (Å²) in [5, 5.41) is 5.00. The largest absolute Gasteiger partial charge is 0.451 e. The van der Waals surface area contributed by atoms with Gasteiger partial charge in [-0.05, 0) is 36.8 Å². The topological polar surface area (TPSA) is 106 Å². The Morgan fingerprint density at radius 2 is 1.65 bits per heavy atom. The minimum Gasteiger partial charge on any atom is -0.451 e. The molecule has 8 nitrogen and oxygen atoms in total. The Bertz CT molecular complexity index is 1410. The molecule has 0 radical (unpaired) electrons. The Balaban J connectivity index is 1.52. The van der Waals surface area contributed by atoms with Gasteiger partial charge in [-0.15, -0.1) is 0 Å². The molecule has 4 rings (SSSR count). The van der Waals surface area contributed by atoms with E-state index < -0.39 is 17.6 Å². The average molecular weight is 462 g/mol. The van der Waals surface area contributed by atoms with Gasteiger partial charge in [0, 0.05) is 11.9 Å². The van der Waals surface area contributed by atoms with E-state index >= 15 is 0 Å². The van der Waals surface area contributed by atoms with Gasteiger partial charge in [-0.2, -0.15) is 5.10 Å². The van der Waals surface area contributed by atoms with E-state index in [9.17, 15) is 18.8 Å². The molecule has 0 bridgehead atoms. The van der Waals surface area contributed by atoms with Crippen molar-refractivity contribution in [3.05, 3.63) is 88.3 Å². The highest BCUT2D eigenvalue weighted by atomic mass is 19.1. The molecule has 0 saturated carbocycles. The molecule has 0 spiro atoms. The summed E-state index contributed by atoms with van der Waals surface area (Å²) >= 11 is 0. The van der Waals surface area contributed by atoms with Gasteiger partial charge >= 0.3 is 5.91 Å². The molecule has 174 valence electrons. The number of hydrazine groups is 1. The highest BCUT2D eigenvalue weighted by Gasteiger charge is 2.19. The number of carbonyl (C=O) groups is 2. The van der Waals surface area contributed by atoms with Crippen LogP contribution < -0.4 is 16.4 Å². The number of unbranched alkanes of at least 4 members (excludes halogenated alkanes) is 2. The third-order valence-electron chi connectivity index (χ3n) is 5.31. The maximum Gasteiger partial charge on any atom is 0.305 e. The summed E-state index contributed by atoms with van der Waals surface area (Å²) in [6, 6.07) is 15.6. The molecule has 4 aromatic rings. The number of aryl methyl sites for hydroxylation is 1. The lowest BCUT2D eigenvalue weighted by Crippen LogP contribution is -2.42. The third kappa shape index (κ3) is 4.73. The zero-order valence-corrected chi connectivity index (χ0v) is 18.5. The number of amides is 2. The monoisotopic (exact) mass is 462 g/mol. The number of hydrogen-bond donors (Lipinski definition) is 2. The Morgan fingerprint density at radius 1 is 0.941 bits per heavy atom. The van der Waals surface area contributed by atoms with E-state index in [0.717, 1.165) is 19.3 Å². The molecule has 0 aliphatic rings. The molecule has 0 atom stereocenters. The average Bonchev–Trinajstić information content (AvgIpc) is 3.34. The molecular formula is C25H23FN4O4. The lowest BCUT2D eigenvalue weighted by atomic mass is 10.1. The van der Waals surface area contributed by atoms with Crippen molar-refractivity contribution >= 4 is 22.6 Å². The molecule has 2 heterocycles. The summed E-state index contributed by atoms with van der Waals surface area (Å²) in [5.41, 5.74) is 4.54. The number of hydrogen-bond acceptors (Lipinski definition) is 5. The minimum absolute atomic E-state index is 0.0125. The molecule has 2 N–H and O–H groups in total. The highest BCUT2D eigenvalue weighted by molar-refractivity contribution is 6.05. The zero-order valence-electron chi connectivity index (χ0n) is 18.5. The summed E-state index contributed by atoms with van der Waals surface area (Å²) < 4.78 is 20.7. The van der Waals surface area contributed by atoms with Crippen LogP contribution in [0.25, 0.3) is 22.1 Å². The van der Waals surface area contributed by atoms with Crippen LogP contribution in [0.2, 0.25) is 0 Å². The van der Waals surface area contributed by atoms with Gasteiger partial charge in [-0.3, -0.25) is 25.2 Å². The first-order valence-corrected chi connectivity index (χ1v) is 10.9. The molecule has 0 unspecified atom stereocenters. The molecule has 0 aliphatic carbocycles. The van der Waals surface area contributed by atoms with E-state index in [0.29, 0.717) is 17.3 Å². The van der Waals surface area contributed by atoms with Gasteiger partial charge in [0.15, 0.2) is 11.5 Å². The Hall–Kier alpha value is -4.27. The van der Waals surface area contributed by atoms with Gasteiger partial charge < -0.3 is 4.42 Å². The Morgan fingerprint density at radius 3 is 2.41 bits per heavy atom. The van der Waals surface area contributed by atoms with Crippen molar-refractivity contribution in [2.45, 2.75) is 32.7 Å². The smallest absolute Gasteiger partial charge is 0.305 e. The molecule has 34 heavy (non-hydrogen) atoms. The first-order valence-electron chi connectivity index (χ1n) is 10.9. The van der Waals surface area contributed by atoms with Gasteiger partial charge in [-0.1, -0.05) is 50.1 Å². The molecule has 9 heteroatoms. The number of fused-ring (bicyclic) bond motifs is 1. The van der Waals surface area contributed by atoms with Crippen molar-refractivity contribution in [3.8, 4) is 11.3 Å². The van der Waals surface area contributed by atoms with Crippen LogP contribution in [-0.2, 0) is 6.54 Å². The van der Waals surface area contributed by atoms with Crippen LogP contribution in [0, 0.1) is 5.82 Å². The molecule has 0 fully saturated rings. The van der Waals surface area contributed by atoms with Gasteiger partial charge in [0.1, 0.15) is 11.6 Å². The number of halogens is 1. The van der Waals surface area contributed by atoms with Gasteiger partial charge in [0.25, 0.3) is 11.5 Å². The van der Waals surface area contributed by atoms with E-state index in [1.54, 1.807) is 36.4 Å². The van der Waals surface area contributed by atoms with E-state index in [1.165, 1.54) is 28.9 Å². The van der Waals surface area contributed by atoms with Crippen LogP contribution in [-0.4, -0.2) is 21.6 Å². The fourth-order valence-electron chi connectivity index (χ4n) is 3.57. The Labute approximate surface area is 194 Å². The van der Waals surface area contributed by atoms with Crippen LogP contribution in [0.3, 0.4) is 0 Å². The zero-order chi connectivity index (χ0) is 24.1. The van der Waals surface area contributed by atoms with E-state index in [4.69, 9.17) is 4.42 Å². The van der Waals surface area contributed by atoms with Crippen LogP contribution in [0.15, 0.2) is 69.9 Å². The summed E-state index contributed by atoms with van der Waals surface area (Å²) in [6.07, 6.45) is 2.66. The number of nitrogens with zero attached hydrogens (tertiary/aromatic N) is 2. The summed E-state index contributed by atoms with van der Waals surface area (Å²) in [6.45, 7) is 2.44. The third-order valence-corrected chi connectivity index (χ3v) is 5.31. The van der Waals surface area contributed by atoms with E-state index in [2.05, 4.69) is 22.9 Å². The second-order valence-corrected chi connectivity index (χ2v) is 7.68. The van der Waals surface area contributed by atoms with Crippen molar-refractivity contribution in [3.63, 3.8) is 0 Å². The van der Waals surface area contributed by atoms with Gasteiger partial charge in [0.2, 0.25) is 0 Å². The maximum absolute atomic E-state index is 14.0. The van der Waals surface area contributed by atoms with Crippen molar-refractivity contribution in [2.24, 2.45) is 0 Å². The molecule has 2 aromatic heterocycles. The molecule has 2 amide bonds. The molecule has 2 aromatic carbocycles. The first kappa shape index (κ1) is 22.9. The highest BCUT2D eigenvalue weighted by Crippen LogP contribution is 2.24. The van der Waals surface area contributed by atoms with Crippen molar-refractivity contribution in [1.82, 2.24) is 20.6 Å². The van der Waals surface area contributed by atoms with Crippen LogP contribution in [0.5, 0.6) is 0 Å². The van der Waals surface area contributed by atoms with E-state index in [1.807, 2.05) is 0 Å². The van der Waals surface area contributed by atoms with Crippen molar-refractivity contribution < 1.29 is 18.4 Å². The standard InChI is InChI=1S/C25H23FN4O4/c1-2-3-8-15-30-25(33)17-10-5-4-9-16(17)22(29-30)24(32)28-27-23(31)21-14-13-20(34-21)18-11-6-7-12-19(18)26/h4-7,9-14H,2-3,8,15H2,1H3,(H,27,31)(H,28,32). The second kappa shape index (κ2) is 10.1. The van der Waals surface area contributed by atoms with Crippen LogP contribution >= 0.6 is 0 Å². The maximum atomic E-state index is 14.0. The van der Waals surface area contributed by atoms with Gasteiger partial charge in [0.05, 0.1) is 10.9 Å². The molecular weight excluding hydrogens is 439 g/mol. The lowest BCUT2D eigenvalue weighted by Gasteiger charge is -2.11. The number of benzene rings is 2. The number of carbonyl (C=O) groups excluding carboxylic acids is 2. The molecule has 0 aliphatic heterocycles. The van der Waals surface area contributed by atoms with Crippen molar-refractivity contribution in [1.29, 1.82) is 0 Å². The summed E-state index contributed by atoms with van der Waals surface area (Å²) in [4.78, 5) is 38.1. The normalized spacial score (nSPS) is 10.9. The second-order valence-electron chi connectivity index (χ2n) is 7.68. The van der Waals surface area contributed by atoms with Crippen LogP contribution in [0.4, 0.5) is 4.39 Å². The predicted molar refractivity (Wildman–Crippen MR) is 125 cm³/mol.